The normalized spacial score (nSPS) is 25.4. The van der Waals surface area contributed by atoms with Gasteiger partial charge in [-0.05, 0) is 133 Å². The molecule has 3 aliphatic heterocycles. The van der Waals surface area contributed by atoms with Crippen LogP contribution >= 0.6 is 0 Å². The maximum atomic E-state index is 13.2. The van der Waals surface area contributed by atoms with Crippen LogP contribution in [0.5, 0.6) is 0 Å². The zero-order valence-corrected chi connectivity index (χ0v) is 31.6. The minimum atomic E-state index is -0.548. The first-order valence-electron chi connectivity index (χ1n) is 19.3. The lowest BCUT2D eigenvalue weighted by molar-refractivity contribution is 0.0173. The first-order valence-corrected chi connectivity index (χ1v) is 19.3. The van der Waals surface area contributed by atoms with E-state index in [2.05, 4.69) is 29.2 Å². The van der Waals surface area contributed by atoms with Gasteiger partial charge in [0.2, 0.25) is 0 Å². The van der Waals surface area contributed by atoms with Crippen molar-refractivity contribution in [1.82, 2.24) is 29.7 Å². The SMILES string of the molecule is CC(C)(C)OC(=O)N1[C@@H]2C[C@@H]2C[C@H]1C1=Nc2ccc(-c3ccc4nc(-c5ccc6nc([C@@H]7C[C@H]8C[C@H]8N7C(=O)OC(C)(C)C)[nH]c6c5)ccc4n3)cc2C1. The number of H-pyrrole nitrogens is 1. The van der Waals surface area contributed by atoms with Gasteiger partial charge in [-0.1, -0.05) is 12.1 Å². The fourth-order valence-corrected chi connectivity index (χ4v) is 8.86. The lowest BCUT2D eigenvalue weighted by atomic mass is 9.99. The lowest BCUT2D eigenvalue weighted by Crippen LogP contribution is -2.45. The van der Waals surface area contributed by atoms with E-state index in [4.69, 9.17) is 29.4 Å². The van der Waals surface area contributed by atoms with E-state index < -0.39 is 11.2 Å². The van der Waals surface area contributed by atoms with Gasteiger partial charge in [0.15, 0.2) is 0 Å². The smallest absolute Gasteiger partial charge is 0.411 e. The maximum absolute atomic E-state index is 13.2. The molecule has 3 aromatic heterocycles. The van der Waals surface area contributed by atoms with Crippen molar-refractivity contribution in [1.29, 1.82) is 0 Å². The summed E-state index contributed by atoms with van der Waals surface area (Å²) in [5.41, 5.74) is 9.21. The average Bonchev–Trinajstić information content (AvgIpc) is 3.77. The molecule has 2 saturated heterocycles. The molecular formula is C43H45N7O4. The number of fused-ring (bicyclic) bond motifs is 5. The number of likely N-dealkylation sites (tertiary alicyclic amines) is 2. The second-order valence-electron chi connectivity index (χ2n) is 17.8. The minimum absolute atomic E-state index is 0.0122. The van der Waals surface area contributed by atoms with Crippen molar-refractivity contribution in [3.63, 3.8) is 0 Å². The van der Waals surface area contributed by atoms with Crippen LogP contribution < -0.4 is 0 Å². The molecule has 5 aromatic rings. The summed E-state index contributed by atoms with van der Waals surface area (Å²) in [7, 11) is 0. The Bertz CT molecular complexity index is 2420. The summed E-state index contributed by atoms with van der Waals surface area (Å²) in [5, 5.41) is 0. The van der Waals surface area contributed by atoms with Crippen LogP contribution in [0.3, 0.4) is 0 Å². The number of carbonyl (C=O) groups excluding carboxylic acids is 2. The van der Waals surface area contributed by atoms with Crippen molar-refractivity contribution in [3.05, 3.63) is 72.1 Å². The predicted octanol–water partition coefficient (Wildman–Crippen LogP) is 8.94. The highest BCUT2D eigenvalue weighted by atomic mass is 16.6. The van der Waals surface area contributed by atoms with E-state index in [1.165, 1.54) is 0 Å². The Hall–Kier alpha value is -5.32. The summed E-state index contributed by atoms with van der Waals surface area (Å²) < 4.78 is 11.6. The van der Waals surface area contributed by atoms with Crippen molar-refractivity contribution in [3.8, 4) is 22.5 Å². The number of piperidine rings is 2. The molecule has 2 aliphatic carbocycles. The number of imidazole rings is 1. The summed E-state index contributed by atoms with van der Waals surface area (Å²) in [5.74, 6) is 1.86. The predicted molar refractivity (Wildman–Crippen MR) is 207 cm³/mol. The fourth-order valence-electron chi connectivity index (χ4n) is 8.86. The van der Waals surface area contributed by atoms with Crippen molar-refractivity contribution in [2.75, 3.05) is 0 Å². The van der Waals surface area contributed by atoms with Crippen LogP contribution in [0, 0.1) is 11.8 Å². The second kappa shape index (κ2) is 11.6. The number of aromatic amines is 1. The van der Waals surface area contributed by atoms with Crippen molar-refractivity contribution < 1.29 is 19.1 Å². The van der Waals surface area contributed by atoms with E-state index in [1.807, 2.05) is 87.7 Å². The molecule has 2 saturated carbocycles. The molecule has 276 valence electrons. The third kappa shape index (κ3) is 5.88. The number of nitrogens with one attached hydrogen (secondary N) is 1. The van der Waals surface area contributed by atoms with Gasteiger partial charge in [0, 0.05) is 35.3 Å². The molecule has 11 nitrogen and oxygen atoms in total. The Balaban J connectivity index is 0.858. The van der Waals surface area contributed by atoms with Gasteiger partial charge in [-0.15, -0.1) is 0 Å². The lowest BCUT2D eigenvalue weighted by Gasteiger charge is -2.30. The molecule has 0 bridgehead atoms. The molecule has 6 heterocycles. The number of nitrogens with zero attached hydrogens (tertiary/aromatic N) is 6. The highest BCUT2D eigenvalue weighted by Gasteiger charge is 2.57. The highest BCUT2D eigenvalue weighted by Crippen LogP contribution is 2.54. The summed E-state index contributed by atoms with van der Waals surface area (Å²) >= 11 is 0. The second-order valence-corrected chi connectivity index (χ2v) is 17.8. The Labute approximate surface area is 314 Å². The van der Waals surface area contributed by atoms with Crippen molar-refractivity contribution in [2.45, 2.75) is 109 Å². The number of hydrogen-bond acceptors (Lipinski definition) is 8. The van der Waals surface area contributed by atoms with Gasteiger partial charge < -0.3 is 14.5 Å². The molecule has 10 rings (SSSR count). The minimum Gasteiger partial charge on any atom is -0.444 e. The zero-order chi connectivity index (χ0) is 37.3. The number of rotatable bonds is 4. The number of ether oxygens (including phenoxy) is 2. The van der Waals surface area contributed by atoms with Gasteiger partial charge in [0.25, 0.3) is 0 Å². The third-order valence-electron chi connectivity index (χ3n) is 11.5. The topological polar surface area (TPSA) is 126 Å². The Kier molecular flexibility index (Phi) is 7.14. The Morgan fingerprint density at radius 2 is 1.22 bits per heavy atom. The van der Waals surface area contributed by atoms with Gasteiger partial charge in [-0.2, -0.15) is 0 Å². The fraction of sp³-hybridized carbons (Fsp3) is 0.442. The molecule has 11 heteroatoms. The molecule has 0 radical (unpaired) electrons. The van der Waals surface area contributed by atoms with E-state index in [-0.39, 0.29) is 36.4 Å². The molecule has 0 unspecified atom stereocenters. The summed E-state index contributed by atoms with van der Waals surface area (Å²) in [4.78, 5) is 53.6. The van der Waals surface area contributed by atoms with Gasteiger partial charge in [0.05, 0.1) is 51.2 Å². The summed E-state index contributed by atoms with van der Waals surface area (Å²) in [6.45, 7) is 11.5. The molecule has 2 amide bonds. The Morgan fingerprint density at radius 1 is 0.667 bits per heavy atom. The van der Waals surface area contributed by atoms with Gasteiger partial charge >= 0.3 is 12.2 Å². The van der Waals surface area contributed by atoms with Gasteiger partial charge in [0.1, 0.15) is 17.0 Å². The highest BCUT2D eigenvalue weighted by molar-refractivity contribution is 6.00. The summed E-state index contributed by atoms with van der Waals surface area (Å²) in [6.07, 6.45) is 4.17. The van der Waals surface area contributed by atoms with E-state index in [0.717, 1.165) is 99.5 Å². The van der Waals surface area contributed by atoms with Crippen LogP contribution in [-0.2, 0) is 15.9 Å². The molecule has 5 aliphatic rings. The number of pyridine rings is 2. The molecule has 1 N–H and O–H groups in total. The van der Waals surface area contributed by atoms with Gasteiger partial charge in [-0.3, -0.25) is 14.8 Å². The largest absolute Gasteiger partial charge is 0.444 e. The quantitative estimate of drug-likeness (QED) is 0.196. The van der Waals surface area contributed by atoms with E-state index in [1.54, 1.807) is 0 Å². The van der Waals surface area contributed by atoms with Crippen molar-refractivity contribution >= 4 is 45.7 Å². The average molecular weight is 724 g/mol. The molecular weight excluding hydrogens is 679 g/mol. The molecule has 4 fully saturated rings. The number of hydrogen-bond donors (Lipinski definition) is 1. The molecule has 2 aromatic carbocycles. The Morgan fingerprint density at radius 3 is 1.85 bits per heavy atom. The van der Waals surface area contributed by atoms with E-state index >= 15 is 0 Å². The number of amides is 2. The van der Waals surface area contributed by atoms with Crippen LogP contribution in [0.25, 0.3) is 44.6 Å². The van der Waals surface area contributed by atoms with Crippen LogP contribution in [0.15, 0.2) is 65.7 Å². The van der Waals surface area contributed by atoms with Crippen molar-refractivity contribution in [2.24, 2.45) is 16.8 Å². The molecule has 6 atom stereocenters. The summed E-state index contributed by atoms with van der Waals surface area (Å²) in [6, 6.07) is 20.9. The monoisotopic (exact) mass is 723 g/mol. The van der Waals surface area contributed by atoms with E-state index in [0.29, 0.717) is 11.8 Å². The molecule has 54 heavy (non-hydrogen) atoms. The zero-order valence-electron chi connectivity index (χ0n) is 31.6. The van der Waals surface area contributed by atoms with Crippen LogP contribution in [0.1, 0.15) is 84.7 Å². The van der Waals surface area contributed by atoms with E-state index in [9.17, 15) is 9.59 Å². The third-order valence-corrected chi connectivity index (χ3v) is 11.5. The first-order chi connectivity index (χ1) is 25.7. The molecule has 0 spiro atoms. The first kappa shape index (κ1) is 33.3. The van der Waals surface area contributed by atoms with Crippen LogP contribution in [0.4, 0.5) is 15.3 Å². The number of aliphatic imine (C=N–C) groups is 1. The van der Waals surface area contributed by atoms with Crippen LogP contribution in [0.2, 0.25) is 0 Å². The number of benzene rings is 2. The number of aromatic nitrogens is 4. The standard InChI is InChI=1S/C43H45N7O4/c1-42(2,3)53-40(51)49-35-18-25(35)20-37(49)34-17-24-15-22(7-9-29(24)46-34)27-11-13-31-30(44-27)14-12-28(45-31)23-8-10-32-33(16-23)48-39(47-32)38-21-26-19-36(26)50(38)41(52)54-43(4,5)6/h7-16,25-26,35-38H,17-21H2,1-6H3,(H,47,48)/t25-,26-,35-,36-,37+,38+/m1/s1. The van der Waals surface area contributed by atoms with Crippen LogP contribution in [-0.4, -0.2) is 77.0 Å². The maximum Gasteiger partial charge on any atom is 0.411 e. The van der Waals surface area contributed by atoms with Gasteiger partial charge in [-0.25, -0.2) is 24.5 Å². The number of carbonyl (C=O) groups is 2.